The Morgan fingerprint density at radius 1 is 1.80 bits per heavy atom. The molecule has 0 amide bonds. The molecule has 0 aromatic carbocycles. The molecule has 5 nitrogen and oxygen atoms in total. The molecule has 0 fully saturated rings. The monoisotopic (exact) mass is 141 g/mol. The van der Waals surface area contributed by atoms with E-state index in [9.17, 15) is 0 Å². The molecule has 0 aliphatic heterocycles. The fraction of sp³-hybridized carbons (Fsp3) is 0.600. The van der Waals surface area contributed by atoms with Crippen LogP contribution >= 0.6 is 0 Å². The fourth-order valence-corrected chi connectivity index (χ4v) is 0.682. The molecule has 0 atom stereocenters. The number of hydrogen-bond acceptors (Lipinski definition) is 4. The minimum atomic E-state index is 0.622. The van der Waals surface area contributed by atoms with Crippen LogP contribution < -0.4 is 10.6 Å². The zero-order chi connectivity index (χ0) is 7.40. The van der Waals surface area contributed by atoms with E-state index in [0.717, 1.165) is 12.5 Å². The van der Waals surface area contributed by atoms with Crippen molar-refractivity contribution in [2.24, 2.45) is 5.73 Å². The number of nitrogens with zero attached hydrogens (tertiary/aromatic N) is 3. The number of aromatic amines is 1. The van der Waals surface area contributed by atoms with Crippen LogP contribution in [-0.2, 0) is 0 Å². The van der Waals surface area contributed by atoms with Gasteiger partial charge in [-0.1, -0.05) is 0 Å². The molecule has 0 bridgehead atoms. The smallest absolute Gasteiger partial charge is 0.220 e. The van der Waals surface area contributed by atoms with Crippen molar-refractivity contribution >= 4 is 5.95 Å². The Morgan fingerprint density at radius 2 is 2.60 bits per heavy atom. The van der Waals surface area contributed by atoms with Crippen LogP contribution in [0.2, 0.25) is 0 Å². The molecule has 5 heteroatoms. The second kappa shape index (κ2) is 3.17. The van der Waals surface area contributed by atoms with Gasteiger partial charge >= 0.3 is 0 Å². The van der Waals surface area contributed by atoms with Gasteiger partial charge in [-0.15, -0.1) is 0 Å². The molecule has 0 saturated heterocycles. The van der Waals surface area contributed by atoms with Gasteiger partial charge in [0.15, 0.2) is 0 Å². The van der Waals surface area contributed by atoms with Crippen molar-refractivity contribution in [1.29, 1.82) is 0 Å². The van der Waals surface area contributed by atoms with Gasteiger partial charge in [0, 0.05) is 20.1 Å². The van der Waals surface area contributed by atoms with Crippen LogP contribution in [0.1, 0.15) is 0 Å². The van der Waals surface area contributed by atoms with Crippen LogP contribution in [0.5, 0.6) is 0 Å². The zero-order valence-corrected chi connectivity index (χ0v) is 5.91. The van der Waals surface area contributed by atoms with Gasteiger partial charge in [-0.3, -0.25) is 0 Å². The lowest BCUT2D eigenvalue weighted by molar-refractivity contribution is 0.849. The summed E-state index contributed by atoms with van der Waals surface area (Å²) in [5.41, 5.74) is 5.33. The van der Waals surface area contributed by atoms with Gasteiger partial charge in [0.05, 0.1) is 0 Å². The lowest BCUT2D eigenvalue weighted by atomic mass is 10.6. The zero-order valence-electron chi connectivity index (χ0n) is 5.91. The first kappa shape index (κ1) is 7.01. The highest BCUT2D eigenvalue weighted by Gasteiger charge is 1.99. The third kappa shape index (κ3) is 1.44. The van der Waals surface area contributed by atoms with Crippen LogP contribution in [0.15, 0.2) is 6.33 Å². The minimum Gasteiger partial charge on any atom is -0.343 e. The quantitative estimate of drug-likeness (QED) is 0.578. The third-order valence-corrected chi connectivity index (χ3v) is 1.23. The molecule has 0 unspecified atom stereocenters. The molecule has 0 aliphatic carbocycles. The highest BCUT2D eigenvalue weighted by Crippen LogP contribution is 1.97. The van der Waals surface area contributed by atoms with Crippen molar-refractivity contribution in [3.8, 4) is 0 Å². The fourth-order valence-electron chi connectivity index (χ4n) is 0.682. The number of nitrogens with two attached hydrogens (primary N) is 1. The molecule has 1 heterocycles. The highest BCUT2D eigenvalue weighted by molar-refractivity contribution is 5.24. The summed E-state index contributed by atoms with van der Waals surface area (Å²) in [6.45, 7) is 1.41. The number of rotatable bonds is 3. The van der Waals surface area contributed by atoms with E-state index in [-0.39, 0.29) is 0 Å². The van der Waals surface area contributed by atoms with E-state index in [1.54, 1.807) is 0 Å². The van der Waals surface area contributed by atoms with Crippen molar-refractivity contribution in [1.82, 2.24) is 15.2 Å². The van der Waals surface area contributed by atoms with Crippen molar-refractivity contribution in [3.05, 3.63) is 6.33 Å². The number of anilines is 1. The van der Waals surface area contributed by atoms with Crippen LogP contribution in [0.4, 0.5) is 5.95 Å². The lowest BCUT2D eigenvalue weighted by Gasteiger charge is -2.12. The molecule has 56 valence electrons. The Balaban J connectivity index is 2.50. The van der Waals surface area contributed by atoms with Gasteiger partial charge in [0.2, 0.25) is 5.95 Å². The molecule has 0 saturated carbocycles. The van der Waals surface area contributed by atoms with Crippen LogP contribution in [0, 0.1) is 0 Å². The molecule has 1 rings (SSSR count). The molecule has 0 aliphatic rings. The maximum absolute atomic E-state index is 5.33. The molecule has 10 heavy (non-hydrogen) atoms. The molecule has 3 N–H and O–H groups in total. The number of hydrogen-bond donors (Lipinski definition) is 2. The Labute approximate surface area is 59.2 Å². The Bertz CT molecular complexity index is 170. The van der Waals surface area contributed by atoms with Crippen LogP contribution in [0.25, 0.3) is 0 Å². The summed E-state index contributed by atoms with van der Waals surface area (Å²) in [6.07, 6.45) is 1.47. The van der Waals surface area contributed by atoms with Crippen molar-refractivity contribution in [2.75, 3.05) is 25.0 Å². The maximum Gasteiger partial charge on any atom is 0.220 e. The molecular formula is C5H11N5. The topological polar surface area (TPSA) is 70.8 Å². The number of aromatic nitrogens is 3. The largest absolute Gasteiger partial charge is 0.343 e. The van der Waals surface area contributed by atoms with Gasteiger partial charge in [0.25, 0.3) is 0 Å². The summed E-state index contributed by atoms with van der Waals surface area (Å²) in [5, 5.41) is 6.44. The lowest BCUT2D eigenvalue weighted by Crippen LogP contribution is -2.25. The molecule has 0 spiro atoms. The van der Waals surface area contributed by atoms with Gasteiger partial charge in [0.1, 0.15) is 6.33 Å². The number of likely N-dealkylation sites (N-methyl/N-ethyl adjacent to an activating group) is 1. The summed E-state index contributed by atoms with van der Waals surface area (Å²) in [7, 11) is 1.91. The van der Waals surface area contributed by atoms with E-state index in [0.29, 0.717) is 6.54 Å². The number of nitrogens with one attached hydrogen (secondary N) is 1. The standard InChI is InChI=1S/C5H11N5/c1-10(3-2-6)5-7-4-8-9-5/h4H,2-3,6H2,1H3,(H,7,8,9). The Morgan fingerprint density at radius 3 is 3.10 bits per heavy atom. The number of H-pyrrole nitrogens is 1. The summed E-state index contributed by atoms with van der Waals surface area (Å²) in [6, 6.07) is 0. The van der Waals surface area contributed by atoms with E-state index in [1.807, 2.05) is 11.9 Å². The summed E-state index contributed by atoms with van der Waals surface area (Å²) >= 11 is 0. The van der Waals surface area contributed by atoms with E-state index < -0.39 is 0 Å². The predicted octanol–water partition coefficient (Wildman–Crippen LogP) is -0.800. The average molecular weight is 141 g/mol. The summed E-state index contributed by atoms with van der Waals surface area (Å²) in [5.74, 6) is 0.755. The molecule has 1 aromatic rings. The predicted molar refractivity (Wildman–Crippen MR) is 38.7 cm³/mol. The first-order valence-corrected chi connectivity index (χ1v) is 3.11. The van der Waals surface area contributed by atoms with E-state index in [4.69, 9.17) is 5.73 Å². The SMILES string of the molecule is CN(CCN)c1ncn[nH]1. The summed E-state index contributed by atoms with van der Waals surface area (Å²) < 4.78 is 0. The van der Waals surface area contributed by atoms with Gasteiger partial charge in [-0.2, -0.15) is 10.1 Å². The minimum absolute atomic E-state index is 0.622. The second-order valence-electron chi connectivity index (χ2n) is 2.02. The Hall–Kier alpha value is -1.10. The Kier molecular flexibility index (Phi) is 2.22. The highest BCUT2D eigenvalue weighted by atomic mass is 15.3. The molecule has 0 radical (unpaired) electrons. The van der Waals surface area contributed by atoms with Crippen LogP contribution in [-0.4, -0.2) is 35.3 Å². The van der Waals surface area contributed by atoms with Gasteiger partial charge < -0.3 is 10.6 Å². The van der Waals surface area contributed by atoms with E-state index >= 15 is 0 Å². The maximum atomic E-state index is 5.33. The van der Waals surface area contributed by atoms with Gasteiger partial charge in [-0.05, 0) is 0 Å². The van der Waals surface area contributed by atoms with Crippen molar-refractivity contribution < 1.29 is 0 Å². The van der Waals surface area contributed by atoms with Crippen molar-refractivity contribution in [2.45, 2.75) is 0 Å². The summed E-state index contributed by atoms with van der Waals surface area (Å²) in [4.78, 5) is 5.85. The first-order valence-electron chi connectivity index (χ1n) is 3.11. The van der Waals surface area contributed by atoms with E-state index in [2.05, 4.69) is 15.2 Å². The van der Waals surface area contributed by atoms with E-state index in [1.165, 1.54) is 6.33 Å². The third-order valence-electron chi connectivity index (χ3n) is 1.23. The van der Waals surface area contributed by atoms with Crippen LogP contribution in [0.3, 0.4) is 0 Å². The second-order valence-corrected chi connectivity index (χ2v) is 2.02. The molecule has 1 aromatic heterocycles. The first-order chi connectivity index (χ1) is 4.84. The average Bonchev–Trinajstić information content (AvgIpc) is 2.38. The molecular weight excluding hydrogens is 130 g/mol. The van der Waals surface area contributed by atoms with Gasteiger partial charge in [-0.25, -0.2) is 5.10 Å². The normalized spacial score (nSPS) is 9.80. The van der Waals surface area contributed by atoms with Crippen molar-refractivity contribution in [3.63, 3.8) is 0 Å².